The van der Waals surface area contributed by atoms with E-state index in [1.807, 2.05) is 49.4 Å². The van der Waals surface area contributed by atoms with Crippen molar-refractivity contribution in [2.45, 2.75) is 39.7 Å². The predicted octanol–water partition coefficient (Wildman–Crippen LogP) is 6.69. The molecular weight excluding hydrogens is 435 g/mol. The standard InChI is InChI=1S/C28H31FO5/c1-18(2)16-34-27-13-20(8-10-24(27)25-15-22(32-4)9-11-26(25)29)17-33-23-7-5-6-21(14-23)19(3)12-28(30)31/h5-11,13-15,18-19H,12,16-17H2,1-4H3,(H,30,31)/t19-/m0/s1. The number of carboxylic acids is 1. The lowest BCUT2D eigenvalue weighted by atomic mass is 9.98. The van der Waals surface area contributed by atoms with Crippen LogP contribution in [-0.2, 0) is 11.4 Å². The molecule has 0 fully saturated rings. The van der Waals surface area contributed by atoms with Gasteiger partial charge in [0.2, 0.25) is 0 Å². The number of carboxylic acid groups (broad SMARTS) is 1. The zero-order valence-corrected chi connectivity index (χ0v) is 20.0. The highest BCUT2D eigenvalue weighted by Gasteiger charge is 2.15. The van der Waals surface area contributed by atoms with Crippen LogP contribution in [0.15, 0.2) is 60.7 Å². The van der Waals surface area contributed by atoms with Crippen molar-refractivity contribution in [1.82, 2.24) is 0 Å². The topological polar surface area (TPSA) is 65.0 Å². The number of halogens is 1. The van der Waals surface area contributed by atoms with Gasteiger partial charge >= 0.3 is 5.97 Å². The van der Waals surface area contributed by atoms with Crippen molar-refractivity contribution in [3.8, 4) is 28.4 Å². The molecule has 0 unspecified atom stereocenters. The maximum Gasteiger partial charge on any atom is 0.303 e. The van der Waals surface area contributed by atoms with Crippen LogP contribution in [0, 0.1) is 11.7 Å². The van der Waals surface area contributed by atoms with Gasteiger partial charge in [-0.2, -0.15) is 0 Å². The number of methoxy groups -OCH3 is 1. The van der Waals surface area contributed by atoms with Crippen molar-refractivity contribution < 1.29 is 28.5 Å². The second kappa shape index (κ2) is 11.5. The summed E-state index contributed by atoms with van der Waals surface area (Å²) in [5.41, 5.74) is 2.83. The number of benzene rings is 3. The fourth-order valence-electron chi connectivity index (χ4n) is 3.55. The average molecular weight is 467 g/mol. The second-order valence-corrected chi connectivity index (χ2v) is 8.74. The summed E-state index contributed by atoms with van der Waals surface area (Å²) in [4.78, 5) is 11.0. The lowest BCUT2D eigenvalue weighted by Crippen LogP contribution is -2.07. The van der Waals surface area contributed by atoms with Crippen molar-refractivity contribution in [3.63, 3.8) is 0 Å². The van der Waals surface area contributed by atoms with Crippen molar-refractivity contribution in [2.75, 3.05) is 13.7 Å². The molecular formula is C28H31FO5. The zero-order valence-electron chi connectivity index (χ0n) is 20.0. The maximum atomic E-state index is 14.7. The van der Waals surface area contributed by atoms with Crippen LogP contribution in [0.5, 0.6) is 17.2 Å². The Morgan fingerprint density at radius 3 is 2.44 bits per heavy atom. The van der Waals surface area contributed by atoms with E-state index in [-0.39, 0.29) is 24.8 Å². The number of carbonyl (C=O) groups is 1. The van der Waals surface area contributed by atoms with Crippen molar-refractivity contribution >= 4 is 5.97 Å². The monoisotopic (exact) mass is 466 g/mol. The van der Waals surface area contributed by atoms with E-state index in [9.17, 15) is 9.18 Å². The third-order valence-corrected chi connectivity index (χ3v) is 5.40. The fourth-order valence-corrected chi connectivity index (χ4v) is 3.55. The van der Waals surface area contributed by atoms with Crippen LogP contribution in [0.3, 0.4) is 0 Å². The number of hydrogen-bond acceptors (Lipinski definition) is 4. The van der Waals surface area contributed by atoms with E-state index >= 15 is 0 Å². The van der Waals surface area contributed by atoms with E-state index in [2.05, 4.69) is 13.8 Å². The summed E-state index contributed by atoms with van der Waals surface area (Å²) >= 11 is 0. The number of aliphatic carboxylic acids is 1. The third kappa shape index (κ3) is 6.73. The largest absolute Gasteiger partial charge is 0.497 e. The molecule has 3 aromatic rings. The first-order chi connectivity index (χ1) is 16.3. The summed E-state index contributed by atoms with van der Waals surface area (Å²) in [7, 11) is 1.55. The minimum absolute atomic E-state index is 0.0578. The number of ether oxygens (including phenoxy) is 3. The van der Waals surface area contributed by atoms with Gasteiger partial charge in [0, 0.05) is 11.1 Å². The Balaban J connectivity index is 1.83. The molecule has 0 amide bonds. The molecule has 0 saturated heterocycles. The Morgan fingerprint density at radius 1 is 0.941 bits per heavy atom. The Labute approximate surface area is 200 Å². The molecule has 0 aromatic heterocycles. The highest BCUT2D eigenvalue weighted by Crippen LogP contribution is 2.35. The molecule has 34 heavy (non-hydrogen) atoms. The van der Waals surface area contributed by atoms with Gasteiger partial charge in [-0.05, 0) is 59.4 Å². The molecule has 0 aliphatic rings. The van der Waals surface area contributed by atoms with Gasteiger partial charge in [-0.3, -0.25) is 4.79 Å². The second-order valence-electron chi connectivity index (χ2n) is 8.74. The number of rotatable bonds is 11. The van der Waals surface area contributed by atoms with Crippen LogP contribution in [0.2, 0.25) is 0 Å². The molecule has 1 N–H and O–H groups in total. The molecule has 0 bridgehead atoms. The first-order valence-corrected chi connectivity index (χ1v) is 11.3. The molecule has 6 heteroatoms. The van der Waals surface area contributed by atoms with Gasteiger partial charge in [0.05, 0.1) is 20.1 Å². The Kier molecular flexibility index (Phi) is 8.52. The molecule has 0 aliphatic heterocycles. The molecule has 3 rings (SSSR count). The third-order valence-electron chi connectivity index (χ3n) is 5.40. The van der Waals surface area contributed by atoms with Crippen LogP contribution in [0.25, 0.3) is 11.1 Å². The zero-order chi connectivity index (χ0) is 24.7. The average Bonchev–Trinajstić information content (AvgIpc) is 2.81. The van der Waals surface area contributed by atoms with Crippen molar-refractivity contribution in [2.24, 2.45) is 5.92 Å². The molecule has 0 heterocycles. The quantitative estimate of drug-likeness (QED) is 0.341. The predicted molar refractivity (Wildman–Crippen MR) is 130 cm³/mol. The van der Waals surface area contributed by atoms with Crippen molar-refractivity contribution in [1.29, 1.82) is 0 Å². The Hall–Kier alpha value is -3.54. The molecule has 0 spiro atoms. The molecule has 180 valence electrons. The van der Waals surface area contributed by atoms with E-state index in [0.717, 1.165) is 11.1 Å². The lowest BCUT2D eigenvalue weighted by molar-refractivity contribution is -0.137. The van der Waals surface area contributed by atoms with E-state index in [1.165, 1.54) is 6.07 Å². The van der Waals surface area contributed by atoms with Crippen LogP contribution in [0.4, 0.5) is 4.39 Å². The summed E-state index contributed by atoms with van der Waals surface area (Å²) in [6.45, 7) is 6.76. The minimum atomic E-state index is -0.833. The highest BCUT2D eigenvalue weighted by atomic mass is 19.1. The van der Waals surface area contributed by atoms with Crippen LogP contribution >= 0.6 is 0 Å². The number of hydrogen-bond donors (Lipinski definition) is 1. The Bertz CT molecular complexity index is 1130. The molecule has 1 atom stereocenters. The normalized spacial score (nSPS) is 11.8. The van der Waals surface area contributed by atoms with Crippen LogP contribution < -0.4 is 14.2 Å². The van der Waals surface area contributed by atoms with Crippen LogP contribution in [-0.4, -0.2) is 24.8 Å². The molecule has 5 nitrogen and oxygen atoms in total. The van der Waals surface area contributed by atoms with E-state index in [0.29, 0.717) is 40.9 Å². The molecule has 0 aliphatic carbocycles. The molecule has 0 radical (unpaired) electrons. The smallest absolute Gasteiger partial charge is 0.303 e. The minimum Gasteiger partial charge on any atom is -0.497 e. The van der Waals surface area contributed by atoms with Gasteiger partial charge in [-0.1, -0.05) is 45.0 Å². The summed E-state index contributed by atoms with van der Waals surface area (Å²) in [6, 6.07) is 17.7. The first-order valence-electron chi connectivity index (χ1n) is 11.3. The van der Waals surface area contributed by atoms with Gasteiger partial charge in [0.1, 0.15) is 29.7 Å². The van der Waals surface area contributed by atoms with Gasteiger partial charge in [-0.15, -0.1) is 0 Å². The summed E-state index contributed by atoms with van der Waals surface area (Å²) in [6.07, 6.45) is 0.0578. The SMILES string of the molecule is COc1ccc(F)c(-c2ccc(COc3cccc([C@@H](C)CC(=O)O)c3)cc2OCC(C)C)c1. The summed E-state index contributed by atoms with van der Waals surface area (Å²) < 4.78 is 31.9. The van der Waals surface area contributed by atoms with E-state index < -0.39 is 5.97 Å². The summed E-state index contributed by atoms with van der Waals surface area (Å²) in [5, 5.41) is 9.05. The van der Waals surface area contributed by atoms with Crippen LogP contribution in [0.1, 0.15) is 44.2 Å². The van der Waals surface area contributed by atoms with Gasteiger partial charge < -0.3 is 19.3 Å². The fraction of sp³-hybridized carbons (Fsp3) is 0.321. The first kappa shape index (κ1) is 25.1. The molecule has 3 aromatic carbocycles. The van der Waals surface area contributed by atoms with E-state index in [4.69, 9.17) is 19.3 Å². The Morgan fingerprint density at radius 2 is 1.74 bits per heavy atom. The van der Waals surface area contributed by atoms with E-state index in [1.54, 1.807) is 19.2 Å². The summed E-state index contributed by atoms with van der Waals surface area (Å²) in [5.74, 6) is 0.795. The van der Waals surface area contributed by atoms with Gasteiger partial charge in [-0.25, -0.2) is 4.39 Å². The van der Waals surface area contributed by atoms with Gasteiger partial charge in [0.25, 0.3) is 0 Å². The van der Waals surface area contributed by atoms with Gasteiger partial charge in [0.15, 0.2) is 0 Å². The lowest BCUT2D eigenvalue weighted by Gasteiger charge is -2.17. The van der Waals surface area contributed by atoms with Crippen molar-refractivity contribution in [3.05, 3.63) is 77.6 Å². The molecule has 0 saturated carbocycles. The highest BCUT2D eigenvalue weighted by molar-refractivity contribution is 5.72. The maximum absolute atomic E-state index is 14.7.